The lowest BCUT2D eigenvalue weighted by atomic mass is 10.0. The molecule has 3 atom stereocenters. The van der Waals surface area contributed by atoms with Crippen LogP contribution >= 0.6 is 7.82 Å². The number of carbonyl (C=O) groups is 1. The summed E-state index contributed by atoms with van der Waals surface area (Å²) in [7, 11) is 1.23. The molecule has 0 saturated carbocycles. The molecule has 79 heavy (non-hydrogen) atoms. The smallest absolute Gasteiger partial charge is 0.268 e. The Morgan fingerprint density at radius 1 is 0.456 bits per heavy atom. The summed E-state index contributed by atoms with van der Waals surface area (Å²) in [5.41, 5.74) is 0. The highest BCUT2D eigenvalue weighted by Crippen LogP contribution is 2.38. The summed E-state index contributed by atoms with van der Waals surface area (Å²) in [4.78, 5) is 25.6. The van der Waals surface area contributed by atoms with E-state index >= 15 is 0 Å². The summed E-state index contributed by atoms with van der Waals surface area (Å²) in [5, 5.41) is 13.9. The zero-order chi connectivity index (χ0) is 57.7. The van der Waals surface area contributed by atoms with Gasteiger partial charge >= 0.3 is 0 Å². The molecule has 3 unspecified atom stereocenters. The molecule has 0 aliphatic heterocycles. The van der Waals surface area contributed by atoms with Crippen LogP contribution in [0.15, 0.2) is 97.2 Å². The maximum Gasteiger partial charge on any atom is 0.268 e. The van der Waals surface area contributed by atoms with E-state index in [1.165, 1.54) is 180 Å². The molecule has 9 heteroatoms. The highest BCUT2D eigenvalue weighted by atomic mass is 31.2. The van der Waals surface area contributed by atoms with Gasteiger partial charge in [-0.1, -0.05) is 304 Å². The molecular weight excluding hydrogens is 996 g/mol. The van der Waals surface area contributed by atoms with E-state index in [2.05, 4.69) is 104 Å². The van der Waals surface area contributed by atoms with Crippen molar-refractivity contribution in [3.63, 3.8) is 0 Å². The average Bonchev–Trinajstić information content (AvgIpc) is 3.42. The van der Waals surface area contributed by atoms with Crippen molar-refractivity contribution in [1.82, 2.24) is 5.32 Å². The Morgan fingerprint density at radius 3 is 1.13 bits per heavy atom. The number of rotatable bonds is 60. The van der Waals surface area contributed by atoms with Gasteiger partial charge in [0.15, 0.2) is 0 Å². The van der Waals surface area contributed by atoms with Gasteiger partial charge in [0.05, 0.1) is 39.9 Å². The van der Waals surface area contributed by atoms with Crippen LogP contribution in [-0.2, 0) is 18.4 Å². The topological polar surface area (TPSA) is 108 Å². The molecule has 0 bridgehead atoms. The number of amides is 1. The Hall–Kier alpha value is -2.58. The number of carbonyl (C=O) groups excluding carboxylic acids is 1. The quantitative estimate of drug-likeness (QED) is 0.0272. The molecule has 0 aromatic carbocycles. The van der Waals surface area contributed by atoms with Gasteiger partial charge in [-0.05, 0) is 77.0 Å². The number of phosphoric acid groups is 1. The van der Waals surface area contributed by atoms with Crippen molar-refractivity contribution in [2.45, 2.75) is 302 Å². The maximum absolute atomic E-state index is 13.0. The Labute approximate surface area is 489 Å². The summed E-state index contributed by atoms with van der Waals surface area (Å²) in [5.74, 6) is -0.230. The monoisotopic (exact) mass is 1120 g/mol. The van der Waals surface area contributed by atoms with Crippen molar-refractivity contribution in [1.29, 1.82) is 0 Å². The molecular formula is C70H127N2O6P. The number of likely N-dealkylation sites (N-methyl/N-ethyl adjacent to an activating group) is 1. The largest absolute Gasteiger partial charge is 0.756 e. The van der Waals surface area contributed by atoms with E-state index < -0.39 is 26.6 Å². The molecule has 0 fully saturated rings. The molecule has 8 nitrogen and oxygen atoms in total. The average molecular weight is 1120 g/mol. The predicted molar refractivity (Wildman–Crippen MR) is 343 cm³/mol. The number of allylic oxidation sites excluding steroid dienone is 15. The van der Waals surface area contributed by atoms with Crippen LogP contribution in [0.25, 0.3) is 0 Å². The van der Waals surface area contributed by atoms with Crippen molar-refractivity contribution >= 4 is 13.7 Å². The van der Waals surface area contributed by atoms with E-state index in [1.54, 1.807) is 6.08 Å². The SMILES string of the molecule is CC/C=C\C/C=C\C/C=C\C/C=C\C/C=C\C/C=C\C/C=C\CCCCCC(=O)NC(COP(=O)([O-])OCC[N+](C)(C)C)C(O)/C=C/CCCCCCCCCCCCCCCCCCCCCCCCCCCCCCCC. The van der Waals surface area contributed by atoms with Crippen LogP contribution in [-0.4, -0.2) is 68.5 Å². The fourth-order valence-corrected chi connectivity index (χ4v) is 10.2. The van der Waals surface area contributed by atoms with Crippen LogP contribution in [0.1, 0.15) is 290 Å². The fraction of sp³-hybridized carbons (Fsp3) is 0.757. The molecule has 0 radical (unpaired) electrons. The zero-order valence-corrected chi connectivity index (χ0v) is 53.2. The number of nitrogens with one attached hydrogen (secondary N) is 1. The minimum atomic E-state index is -4.62. The lowest BCUT2D eigenvalue weighted by Gasteiger charge is -2.29. The number of unbranched alkanes of at least 4 members (excludes halogenated alkanes) is 33. The van der Waals surface area contributed by atoms with Crippen molar-refractivity contribution in [3.8, 4) is 0 Å². The highest BCUT2D eigenvalue weighted by Gasteiger charge is 2.23. The number of aliphatic hydroxyl groups is 1. The molecule has 0 heterocycles. The third kappa shape index (κ3) is 62.9. The standard InChI is InChI=1S/C70H127N2O6P/c1-6-8-10-12-14-16-18-20-22-24-26-28-30-32-33-34-35-36-37-38-40-41-43-45-47-49-51-53-55-57-59-61-63-69(73)68(67-78-79(75,76)77-66-65-72(3,4)5)71-70(74)64-62-60-58-56-54-52-50-48-46-44-42-39-31-29-27-25-23-21-19-17-15-13-11-9-7-2/h9,11,15,17,21,23,27,29,39,42,46,48,52,54,61,63,68-69,73H,6-8,10,12-14,16,18-20,22,24-26,28,30-38,40-41,43-45,47,49-51,53,55-60,62,64-67H2,1-5H3,(H-,71,74,75,76)/b11-9-,17-15-,23-21-,29-27-,42-39-,48-46-,54-52-,63-61+. The first-order valence-electron chi connectivity index (χ1n) is 33.1. The number of nitrogens with zero attached hydrogens (tertiary/aromatic N) is 1. The van der Waals surface area contributed by atoms with E-state index in [1.807, 2.05) is 27.2 Å². The molecule has 0 saturated heterocycles. The summed E-state index contributed by atoms with van der Waals surface area (Å²) in [6, 6.07) is -0.914. The fourth-order valence-electron chi connectivity index (χ4n) is 9.43. The molecule has 0 aliphatic carbocycles. The summed E-state index contributed by atoms with van der Waals surface area (Å²) < 4.78 is 23.4. The van der Waals surface area contributed by atoms with Crippen LogP contribution in [0.5, 0.6) is 0 Å². The highest BCUT2D eigenvalue weighted by molar-refractivity contribution is 7.45. The normalized spacial score (nSPS) is 14.4. The first-order chi connectivity index (χ1) is 38.5. The second kappa shape index (κ2) is 60.0. The molecule has 0 aromatic heterocycles. The summed E-state index contributed by atoms with van der Waals surface area (Å²) in [6.07, 6.45) is 86.6. The van der Waals surface area contributed by atoms with Gasteiger partial charge in [0.25, 0.3) is 7.82 Å². The first kappa shape index (κ1) is 76.4. The van der Waals surface area contributed by atoms with Crippen LogP contribution in [0, 0.1) is 0 Å². The van der Waals surface area contributed by atoms with Crippen LogP contribution < -0.4 is 10.2 Å². The van der Waals surface area contributed by atoms with Crippen molar-refractivity contribution in [2.24, 2.45) is 0 Å². The lowest BCUT2D eigenvalue weighted by molar-refractivity contribution is -0.870. The van der Waals surface area contributed by atoms with Gasteiger partial charge in [0.1, 0.15) is 13.2 Å². The van der Waals surface area contributed by atoms with Crippen molar-refractivity contribution < 1.29 is 32.9 Å². The number of quaternary nitrogens is 1. The van der Waals surface area contributed by atoms with Gasteiger partial charge in [0, 0.05) is 6.42 Å². The number of hydrogen-bond acceptors (Lipinski definition) is 6. The van der Waals surface area contributed by atoms with Gasteiger partial charge in [-0.2, -0.15) is 0 Å². The number of aliphatic hydroxyl groups excluding tert-OH is 1. The molecule has 0 spiro atoms. The Bertz CT molecular complexity index is 1610. The lowest BCUT2D eigenvalue weighted by Crippen LogP contribution is -2.45. The van der Waals surface area contributed by atoms with E-state index in [4.69, 9.17) is 9.05 Å². The summed E-state index contributed by atoms with van der Waals surface area (Å²) in [6.45, 7) is 4.53. The second-order valence-corrected chi connectivity index (χ2v) is 24.9. The first-order valence-corrected chi connectivity index (χ1v) is 34.6. The molecule has 2 N–H and O–H groups in total. The predicted octanol–water partition coefficient (Wildman–Crippen LogP) is 20.3. The van der Waals surface area contributed by atoms with Crippen molar-refractivity contribution in [3.05, 3.63) is 97.2 Å². The number of phosphoric ester groups is 1. The van der Waals surface area contributed by atoms with E-state index in [9.17, 15) is 19.4 Å². The van der Waals surface area contributed by atoms with E-state index in [-0.39, 0.29) is 12.5 Å². The zero-order valence-electron chi connectivity index (χ0n) is 52.3. The molecule has 1 amide bonds. The summed E-state index contributed by atoms with van der Waals surface area (Å²) >= 11 is 0. The molecule has 458 valence electrons. The Morgan fingerprint density at radius 2 is 0.772 bits per heavy atom. The van der Waals surface area contributed by atoms with Gasteiger partial charge in [0.2, 0.25) is 5.91 Å². The van der Waals surface area contributed by atoms with Gasteiger partial charge in [-0.15, -0.1) is 0 Å². The minimum absolute atomic E-state index is 0.0127. The van der Waals surface area contributed by atoms with E-state index in [0.717, 1.165) is 83.5 Å². The molecule has 0 aliphatic rings. The van der Waals surface area contributed by atoms with Crippen LogP contribution in [0.2, 0.25) is 0 Å². The third-order valence-corrected chi connectivity index (χ3v) is 15.5. The van der Waals surface area contributed by atoms with Gasteiger partial charge in [-0.3, -0.25) is 9.36 Å². The molecule has 0 aromatic rings. The van der Waals surface area contributed by atoms with Crippen LogP contribution in [0.4, 0.5) is 0 Å². The Kier molecular flexibility index (Phi) is 58.1. The number of hydrogen-bond donors (Lipinski definition) is 2. The van der Waals surface area contributed by atoms with Crippen LogP contribution in [0.3, 0.4) is 0 Å². The maximum atomic E-state index is 13.0. The van der Waals surface area contributed by atoms with Crippen molar-refractivity contribution in [2.75, 3.05) is 40.9 Å². The van der Waals surface area contributed by atoms with E-state index in [0.29, 0.717) is 23.9 Å². The van der Waals surface area contributed by atoms with Gasteiger partial charge < -0.3 is 28.8 Å². The van der Waals surface area contributed by atoms with Gasteiger partial charge in [-0.25, -0.2) is 0 Å². The Balaban J connectivity index is 4.18. The molecule has 0 rings (SSSR count). The minimum Gasteiger partial charge on any atom is -0.756 e. The third-order valence-electron chi connectivity index (χ3n) is 14.5. The second-order valence-electron chi connectivity index (χ2n) is 23.4.